The molecule has 21 heavy (non-hydrogen) atoms. The quantitative estimate of drug-likeness (QED) is 0.787. The first-order valence-corrected chi connectivity index (χ1v) is 7.70. The highest BCUT2D eigenvalue weighted by Crippen LogP contribution is 2.22. The van der Waals surface area contributed by atoms with Crippen molar-refractivity contribution in [3.63, 3.8) is 0 Å². The van der Waals surface area contributed by atoms with Crippen molar-refractivity contribution in [2.24, 2.45) is 0 Å². The van der Waals surface area contributed by atoms with E-state index in [9.17, 15) is 8.42 Å². The molecule has 0 amide bonds. The number of rotatable bonds is 4. The highest BCUT2D eigenvalue weighted by Gasteiger charge is 2.22. The first-order valence-electron chi connectivity index (χ1n) is 6.21. The molecular formula is C13H12N4O3S. The Morgan fingerprint density at radius 2 is 1.90 bits per heavy atom. The maximum absolute atomic E-state index is 12.5. The van der Waals surface area contributed by atoms with Gasteiger partial charge in [0.15, 0.2) is 5.52 Å². The number of benzene rings is 1. The van der Waals surface area contributed by atoms with Gasteiger partial charge < -0.3 is 0 Å². The molecule has 0 aliphatic carbocycles. The summed E-state index contributed by atoms with van der Waals surface area (Å²) in [6.07, 6.45) is 3.23. The molecule has 3 rings (SSSR count). The Kier molecular flexibility index (Phi) is 3.40. The van der Waals surface area contributed by atoms with Gasteiger partial charge in [0.1, 0.15) is 10.4 Å². The minimum Gasteiger partial charge on any atom is -0.265 e. The standard InChI is InChI=1S/C13H12N4O3S/c1-9(10-5-7-14-8-6-10)17-21(18,19)12-4-2-3-11-13(12)16-20-15-11/h2-9,17H,1H3/t9-/m0/s1. The van der Waals surface area contributed by atoms with Crippen molar-refractivity contribution >= 4 is 21.1 Å². The topological polar surface area (TPSA) is 98.0 Å². The fraction of sp³-hybridized carbons (Fsp3) is 0.154. The number of nitrogens with zero attached hydrogens (tertiary/aromatic N) is 3. The lowest BCUT2D eigenvalue weighted by Crippen LogP contribution is -2.27. The van der Waals surface area contributed by atoms with Crippen molar-refractivity contribution in [2.75, 3.05) is 0 Å². The number of nitrogens with one attached hydrogen (secondary N) is 1. The van der Waals surface area contributed by atoms with Gasteiger partial charge >= 0.3 is 0 Å². The van der Waals surface area contributed by atoms with Crippen molar-refractivity contribution in [3.8, 4) is 0 Å². The Hall–Kier alpha value is -2.32. The number of fused-ring (bicyclic) bond motifs is 1. The summed E-state index contributed by atoms with van der Waals surface area (Å²) in [6.45, 7) is 1.76. The summed E-state index contributed by atoms with van der Waals surface area (Å²) < 4.78 is 32.2. The van der Waals surface area contributed by atoms with E-state index in [-0.39, 0.29) is 10.4 Å². The molecule has 0 bridgehead atoms. The first kappa shape index (κ1) is 13.7. The molecular weight excluding hydrogens is 292 g/mol. The van der Waals surface area contributed by atoms with Crippen LogP contribution in [0.5, 0.6) is 0 Å². The fourth-order valence-electron chi connectivity index (χ4n) is 2.01. The van der Waals surface area contributed by atoms with Crippen molar-refractivity contribution in [1.29, 1.82) is 0 Å². The summed E-state index contributed by atoms with van der Waals surface area (Å²) in [5.41, 5.74) is 1.43. The Morgan fingerprint density at radius 1 is 1.14 bits per heavy atom. The normalized spacial score (nSPS) is 13.4. The second-order valence-corrected chi connectivity index (χ2v) is 6.19. The van der Waals surface area contributed by atoms with Crippen molar-refractivity contribution in [3.05, 3.63) is 48.3 Å². The van der Waals surface area contributed by atoms with Crippen molar-refractivity contribution in [1.82, 2.24) is 20.0 Å². The molecule has 0 saturated heterocycles. The van der Waals surface area contributed by atoms with Gasteiger partial charge in [-0.15, -0.1) is 0 Å². The van der Waals surface area contributed by atoms with E-state index in [0.717, 1.165) is 5.56 Å². The highest BCUT2D eigenvalue weighted by molar-refractivity contribution is 7.89. The summed E-state index contributed by atoms with van der Waals surface area (Å²) in [6, 6.07) is 7.81. The molecule has 0 unspecified atom stereocenters. The Balaban J connectivity index is 1.96. The lowest BCUT2D eigenvalue weighted by atomic mass is 10.1. The summed E-state index contributed by atoms with van der Waals surface area (Å²) >= 11 is 0. The van der Waals surface area contributed by atoms with Crippen LogP contribution in [0.2, 0.25) is 0 Å². The van der Waals surface area contributed by atoms with E-state index >= 15 is 0 Å². The maximum Gasteiger partial charge on any atom is 0.243 e. The average molecular weight is 304 g/mol. The van der Waals surface area contributed by atoms with Gasteiger partial charge in [-0.25, -0.2) is 17.8 Å². The molecule has 2 heterocycles. The maximum atomic E-state index is 12.5. The van der Waals surface area contributed by atoms with E-state index < -0.39 is 16.1 Å². The van der Waals surface area contributed by atoms with Crippen LogP contribution in [0.25, 0.3) is 11.0 Å². The van der Waals surface area contributed by atoms with Crippen LogP contribution in [-0.4, -0.2) is 23.7 Å². The van der Waals surface area contributed by atoms with Crippen LogP contribution >= 0.6 is 0 Å². The smallest absolute Gasteiger partial charge is 0.243 e. The molecule has 2 aromatic heterocycles. The number of pyridine rings is 1. The lowest BCUT2D eigenvalue weighted by Gasteiger charge is -2.14. The van der Waals surface area contributed by atoms with Crippen LogP contribution in [0.3, 0.4) is 0 Å². The third kappa shape index (κ3) is 2.63. The lowest BCUT2D eigenvalue weighted by molar-refractivity contribution is 0.315. The second-order valence-electron chi connectivity index (χ2n) is 4.51. The van der Waals surface area contributed by atoms with Gasteiger partial charge in [-0.3, -0.25) is 4.98 Å². The molecule has 7 nitrogen and oxygen atoms in total. The molecule has 0 saturated carbocycles. The minimum absolute atomic E-state index is 0.0437. The molecule has 0 aliphatic rings. The minimum atomic E-state index is -3.74. The van der Waals surface area contributed by atoms with Gasteiger partial charge in [0.25, 0.3) is 0 Å². The Bertz CT molecular complexity index is 861. The van der Waals surface area contributed by atoms with E-state index in [1.54, 1.807) is 43.6 Å². The molecule has 1 aromatic carbocycles. The van der Waals surface area contributed by atoms with Gasteiger partial charge in [-0.1, -0.05) is 6.07 Å². The molecule has 0 spiro atoms. The van der Waals surface area contributed by atoms with E-state index in [2.05, 4.69) is 24.6 Å². The van der Waals surface area contributed by atoms with Gasteiger partial charge in [0.2, 0.25) is 10.0 Å². The van der Waals surface area contributed by atoms with Crippen LogP contribution in [0.1, 0.15) is 18.5 Å². The zero-order valence-electron chi connectivity index (χ0n) is 11.1. The van der Waals surface area contributed by atoms with Crippen LogP contribution in [0.15, 0.2) is 52.3 Å². The Labute approximate surface area is 121 Å². The molecule has 0 radical (unpaired) electrons. The van der Waals surface area contributed by atoms with Crippen LogP contribution in [0.4, 0.5) is 0 Å². The molecule has 0 fully saturated rings. The predicted octanol–water partition coefficient (Wildman–Crippen LogP) is 1.66. The van der Waals surface area contributed by atoms with Gasteiger partial charge in [0, 0.05) is 18.4 Å². The summed E-state index contributed by atoms with van der Waals surface area (Å²) in [5, 5.41) is 7.29. The van der Waals surface area contributed by atoms with Crippen molar-refractivity contribution in [2.45, 2.75) is 17.9 Å². The number of hydrogen-bond acceptors (Lipinski definition) is 6. The largest absolute Gasteiger partial charge is 0.265 e. The van der Waals surface area contributed by atoms with E-state index in [1.807, 2.05) is 0 Å². The van der Waals surface area contributed by atoms with E-state index in [4.69, 9.17) is 0 Å². The van der Waals surface area contributed by atoms with E-state index in [1.165, 1.54) is 6.07 Å². The first-order chi connectivity index (χ1) is 10.1. The second kappa shape index (κ2) is 5.23. The third-order valence-electron chi connectivity index (χ3n) is 3.08. The SMILES string of the molecule is C[C@H](NS(=O)(=O)c1cccc2nonc12)c1ccncc1. The molecule has 0 aliphatic heterocycles. The predicted molar refractivity (Wildman–Crippen MR) is 74.8 cm³/mol. The van der Waals surface area contributed by atoms with E-state index in [0.29, 0.717) is 5.52 Å². The monoisotopic (exact) mass is 304 g/mol. The molecule has 3 aromatic rings. The highest BCUT2D eigenvalue weighted by atomic mass is 32.2. The molecule has 1 N–H and O–H groups in total. The summed E-state index contributed by atoms with van der Waals surface area (Å²) in [4.78, 5) is 3.95. The number of sulfonamides is 1. The zero-order valence-corrected chi connectivity index (χ0v) is 11.9. The number of hydrogen-bond donors (Lipinski definition) is 1. The Morgan fingerprint density at radius 3 is 2.67 bits per heavy atom. The molecule has 108 valence electrons. The molecule has 1 atom stereocenters. The molecule has 8 heteroatoms. The van der Waals surface area contributed by atoms with Gasteiger partial charge in [-0.05, 0) is 47.1 Å². The summed E-state index contributed by atoms with van der Waals surface area (Å²) in [7, 11) is -3.74. The van der Waals surface area contributed by atoms with Crippen molar-refractivity contribution < 1.29 is 13.0 Å². The van der Waals surface area contributed by atoms with Crippen LogP contribution in [-0.2, 0) is 10.0 Å². The van der Waals surface area contributed by atoms with Gasteiger partial charge in [0.05, 0.1) is 0 Å². The van der Waals surface area contributed by atoms with Crippen LogP contribution < -0.4 is 4.72 Å². The average Bonchev–Trinajstić information content (AvgIpc) is 2.95. The number of aromatic nitrogens is 3. The zero-order chi connectivity index (χ0) is 14.9. The fourth-order valence-corrected chi connectivity index (χ4v) is 3.40. The van der Waals surface area contributed by atoms with Crippen LogP contribution in [0, 0.1) is 0 Å². The van der Waals surface area contributed by atoms with Gasteiger partial charge in [-0.2, -0.15) is 0 Å². The third-order valence-corrected chi connectivity index (χ3v) is 4.65. The summed E-state index contributed by atoms with van der Waals surface area (Å²) in [5.74, 6) is 0.